The number of nitrogens with zero attached hydrogens (tertiary/aromatic N) is 1. The van der Waals surface area contributed by atoms with Gasteiger partial charge in [-0.15, -0.1) is 0 Å². The number of alkyl carbamates (subject to hydrolysis) is 1. The molecule has 1 atom stereocenters. The van der Waals surface area contributed by atoms with E-state index in [9.17, 15) is 9.59 Å². The molecule has 8 nitrogen and oxygen atoms in total. The number of thiocarbonyl (C=S) groups is 1. The smallest absolute Gasteiger partial charge is 0.410 e. The number of nitrogens with one attached hydrogen (secondary N) is 2. The van der Waals surface area contributed by atoms with Crippen LogP contribution in [0.15, 0.2) is 42.5 Å². The molecule has 0 aromatic heterocycles. The minimum Gasteiger partial charge on any atom is -0.481 e. The van der Waals surface area contributed by atoms with Crippen LogP contribution in [0.3, 0.4) is 0 Å². The van der Waals surface area contributed by atoms with Gasteiger partial charge in [-0.3, -0.25) is 4.90 Å². The number of amides is 2. The molecule has 1 aliphatic heterocycles. The van der Waals surface area contributed by atoms with Crippen molar-refractivity contribution in [2.24, 2.45) is 0 Å². The van der Waals surface area contributed by atoms with E-state index in [2.05, 4.69) is 10.6 Å². The molecule has 1 heterocycles. The highest BCUT2D eigenvalue weighted by molar-refractivity contribution is 7.80. The van der Waals surface area contributed by atoms with Crippen LogP contribution in [-0.4, -0.2) is 39.4 Å². The number of hydrogen-bond acceptors (Lipinski definition) is 6. The van der Waals surface area contributed by atoms with E-state index < -0.39 is 23.4 Å². The van der Waals surface area contributed by atoms with Gasteiger partial charge in [-0.2, -0.15) is 0 Å². The van der Waals surface area contributed by atoms with Crippen LogP contribution in [0, 0.1) is 0 Å². The number of ether oxygens (including phenoxy) is 3. The van der Waals surface area contributed by atoms with Crippen molar-refractivity contribution in [2.45, 2.75) is 85.4 Å². The fourth-order valence-electron chi connectivity index (χ4n) is 3.63. The van der Waals surface area contributed by atoms with E-state index in [-0.39, 0.29) is 6.10 Å². The zero-order chi connectivity index (χ0) is 27.4. The Morgan fingerprint density at radius 2 is 1.59 bits per heavy atom. The number of anilines is 1. The maximum absolute atomic E-state index is 13.2. The fourth-order valence-corrected chi connectivity index (χ4v) is 3.79. The van der Waals surface area contributed by atoms with Crippen LogP contribution < -0.4 is 15.4 Å². The SMILES string of the molecule is CC1Oc2ccc(CN(Cc3cccc(CNC(=O)OC(C)(C)C)c3)C(=O)OC(C)(C)C)cc2NC1=S. The molecule has 0 aliphatic carbocycles. The minimum atomic E-state index is -0.637. The zero-order valence-electron chi connectivity index (χ0n) is 22.6. The topological polar surface area (TPSA) is 89.1 Å². The Hall–Kier alpha value is -3.33. The average Bonchev–Trinajstić information content (AvgIpc) is 2.76. The van der Waals surface area contributed by atoms with Crippen molar-refractivity contribution in [2.75, 3.05) is 5.32 Å². The number of carbonyl (C=O) groups excluding carboxylic acids is 2. The third-order valence-corrected chi connectivity index (χ3v) is 5.63. The van der Waals surface area contributed by atoms with Crippen LogP contribution in [0.2, 0.25) is 0 Å². The summed E-state index contributed by atoms with van der Waals surface area (Å²) in [6.45, 7) is 13.8. The lowest BCUT2D eigenvalue weighted by atomic mass is 10.1. The van der Waals surface area contributed by atoms with Gasteiger partial charge in [0.05, 0.1) is 5.69 Å². The Morgan fingerprint density at radius 1 is 0.973 bits per heavy atom. The summed E-state index contributed by atoms with van der Waals surface area (Å²) in [5.74, 6) is 0.721. The Morgan fingerprint density at radius 3 is 2.24 bits per heavy atom. The van der Waals surface area contributed by atoms with Crippen molar-refractivity contribution in [1.82, 2.24) is 10.2 Å². The van der Waals surface area contributed by atoms with E-state index in [0.717, 1.165) is 28.1 Å². The van der Waals surface area contributed by atoms with Crippen LogP contribution in [0.1, 0.15) is 65.2 Å². The summed E-state index contributed by atoms with van der Waals surface area (Å²) in [6.07, 6.45) is -1.09. The Balaban J connectivity index is 1.76. The van der Waals surface area contributed by atoms with Gasteiger partial charge in [-0.05, 0) is 77.3 Å². The largest absolute Gasteiger partial charge is 0.481 e. The molecule has 2 amide bonds. The van der Waals surface area contributed by atoms with E-state index >= 15 is 0 Å². The van der Waals surface area contributed by atoms with Crippen molar-refractivity contribution in [3.05, 3.63) is 59.2 Å². The highest BCUT2D eigenvalue weighted by Crippen LogP contribution is 2.31. The molecule has 2 aromatic rings. The van der Waals surface area contributed by atoms with E-state index in [1.54, 1.807) is 4.90 Å². The lowest BCUT2D eigenvalue weighted by Crippen LogP contribution is -2.36. The molecule has 0 saturated heterocycles. The van der Waals surface area contributed by atoms with Crippen LogP contribution in [0.5, 0.6) is 5.75 Å². The highest BCUT2D eigenvalue weighted by Gasteiger charge is 2.25. The first kappa shape index (κ1) is 28.2. The first-order valence-corrected chi connectivity index (χ1v) is 12.7. The second kappa shape index (κ2) is 11.4. The van der Waals surface area contributed by atoms with Crippen molar-refractivity contribution in [1.29, 1.82) is 0 Å². The first-order valence-electron chi connectivity index (χ1n) is 12.3. The molecule has 2 N–H and O–H groups in total. The van der Waals surface area contributed by atoms with E-state index in [1.165, 1.54) is 0 Å². The monoisotopic (exact) mass is 527 g/mol. The molecule has 0 saturated carbocycles. The maximum Gasteiger partial charge on any atom is 0.410 e. The molecular formula is C28H37N3O5S. The Bertz CT molecular complexity index is 1150. The highest BCUT2D eigenvalue weighted by atomic mass is 32.1. The summed E-state index contributed by atoms with van der Waals surface area (Å²) in [6, 6.07) is 13.5. The lowest BCUT2D eigenvalue weighted by Gasteiger charge is -2.29. The van der Waals surface area contributed by atoms with Crippen molar-refractivity contribution >= 4 is 35.1 Å². The van der Waals surface area contributed by atoms with Crippen LogP contribution in [-0.2, 0) is 29.1 Å². The number of benzene rings is 2. The predicted molar refractivity (Wildman–Crippen MR) is 148 cm³/mol. The molecule has 9 heteroatoms. The van der Waals surface area contributed by atoms with Gasteiger partial charge in [0.1, 0.15) is 28.0 Å². The van der Waals surface area contributed by atoms with Gasteiger partial charge in [0, 0.05) is 19.6 Å². The average molecular weight is 528 g/mol. The van der Waals surface area contributed by atoms with Gasteiger partial charge in [-0.1, -0.05) is 42.5 Å². The van der Waals surface area contributed by atoms with Gasteiger partial charge < -0.3 is 24.8 Å². The molecule has 0 fully saturated rings. The second-order valence-corrected chi connectivity index (χ2v) is 11.5. The summed E-state index contributed by atoms with van der Waals surface area (Å²) in [7, 11) is 0. The molecule has 37 heavy (non-hydrogen) atoms. The van der Waals surface area contributed by atoms with Crippen LogP contribution in [0.4, 0.5) is 15.3 Å². The van der Waals surface area contributed by atoms with Gasteiger partial charge in [0.2, 0.25) is 0 Å². The molecule has 0 bridgehead atoms. The van der Waals surface area contributed by atoms with Crippen molar-refractivity contribution < 1.29 is 23.8 Å². The fraction of sp³-hybridized carbons (Fsp3) is 0.464. The number of rotatable bonds is 6. The Labute approximate surface area is 224 Å². The maximum atomic E-state index is 13.2. The van der Waals surface area contributed by atoms with Gasteiger partial charge in [0.25, 0.3) is 0 Å². The van der Waals surface area contributed by atoms with E-state index in [1.807, 2.05) is 90.9 Å². The predicted octanol–water partition coefficient (Wildman–Crippen LogP) is 6.17. The number of hydrogen-bond donors (Lipinski definition) is 2. The number of fused-ring (bicyclic) bond motifs is 1. The van der Waals surface area contributed by atoms with E-state index in [0.29, 0.717) is 24.6 Å². The van der Waals surface area contributed by atoms with Gasteiger partial charge >= 0.3 is 12.2 Å². The molecule has 200 valence electrons. The summed E-state index contributed by atoms with van der Waals surface area (Å²) < 4.78 is 16.8. The molecule has 1 unspecified atom stereocenters. The standard InChI is InChI=1S/C28H37N3O5S/c1-18-24(37)30-22-14-21(11-12-23(22)34-18)17-31(26(33)36-28(5,6)7)16-20-10-8-9-19(13-20)15-29-25(32)35-27(2,3)4/h8-14,18H,15-17H2,1-7H3,(H,29,32)(H,30,37). The summed E-state index contributed by atoms with van der Waals surface area (Å²) in [5.41, 5.74) is 2.28. The molecule has 0 spiro atoms. The normalized spacial score (nSPS) is 15.1. The lowest BCUT2D eigenvalue weighted by molar-refractivity contribution is 0.0216. The molecule has 1 aliphatic rings. The van der Waals surface area contributed by atoms with Crippen LogP contribution >= 0.6 is 12.2 Å². The third kappa shape index (κ3) is 8.93. The second-order valence-electron chi connectivity index (χ2n) is 11.1. The third-order valence-electron chi connectivity index (χ3n) is 5.20. The molecule has 3 rings (SSSR count). The molecule has 0 radical (unpaired) electrons. The first-order chi connectivity index (χ1) is 17.2. The summed E-state index contributed by atoms with van der Waals surface area (Å²) in [4.78, 5) is 27.5. The summed E-state index contributed by atoms with van der Waals surface area (Å²) in [5, 5.41) is 5.98. The molecular weight excluding hydrogens is 490 g/mol. The zero-order valence-corrected chi connectivity index (χ0v) is 23.5. The van der Waals surface area contributed by atoms with Gasteiger partial charge in [0.15, 0.2) is 0 Å². The minimum absolute atomic E-state index is 0.191. The van der Waals surface area contributed by atoms with Crippen molar-refractivity contribution in [3.8, 4) is 5.75 Å². The quantitative estimate of drug-likeness (QED) is 0.434. The van der Waals surface area contributed by atoms with E-state index in [4.69, 9.17) is 26.4 Å². The summed E-state index contributed by atoms with van der Waals surface area (Å²) >= 11 is 5.34. The number of carbonyl (C=O) groups is 2. The van der Waals surface area contributed by atoms with Crippen LogP contribution in [0.25, 0.3) is 0 Å². The molecule has 2 aromatic carbocycles. The van der Waals surface area contributed by atoms with Gasteiger partial charge in [-0.25, -0.2) is 9.59 Å². The van der Waals surface area contributed by atoms with Crippen molar-refractivity contribution in [3.63, 3.8) is 0 Å². The Kier molecular flexibility index (Phi) is 8.68.